The molecule has 0 aromatic heterocycles. The molecule has 2 N–H and O–H groups in total. The maximum atomic E-state index is 12.2. The van der Waals surface area contributed by atoms with Crippen LogP contribution in [-0.4, -0.2) is 47.6 Å². The number of amides is 1. The summed E-state index contributed by atoms with van der Waals surface area (Å²) in [7, 11) is 2.06. The Kier molecular flexibility index (Phi) is 8.83. The Morgan fingerprint density at radius 3 is 2.31 bits per heavy atom. The largest absolute Gasteiger partial charge is 0.480 e. The molecule has 0 radical (unpaired) electrons. The second-order valence-corrected chi connectivity index (χ2v) is 8.64. The number of thioether (sulfide) groups is 1. The van der Waals surface area contributed by atoms with Crippen LogP contribution in [0.4, 0.5) is 5.69 Å². The summed E-state index contributed by atoms with van der Waals surface area (Å²) in [6.07, 6.45) is 0. The van der Waals surface area contributed by atoms with E-state index in [2.05, 4.69) is 68.0 Å². The lowest BCUT2D eigenvalue weighted by molar-refractivity contribution is -0.142. The van der Waals surface area contributed by atoms with Crippen LogP contribution in [0, 0.1) is 5.41 Å². The third kappa shape index (κ3) is 6.76. The van der Waals surface area contributed by atoms with E-state index in [-0.39, 0.29) is 5.91 Å². The van der Waals surface area contributed by atoms with Crippen molar-refractivity contribution in [3.8, 4) is 0 Å². The molecule has 0 aliphatic rings. The number of benzene rings is 1. The van der Waals surface area contributed by atoms with Gasteiger partial charge in [-0.2, -0.15) is 24.4 Å². The van der Waals surface area contributed by atoms with E-state index in [9.17, 15) is 14.7 Å². The van der Waals surface area contributed by atoms with Gasteiger partial charge in [-0.25, -0.2) is 4.79 Å². The molecule has 0 unspecified atom stereocenters. The summed E-state index contributed by atoms with van der Waals surface area (Å²) in [5.41, 5.74) is 1.58. The summed E-state index contributed by atoms with van der Waals surface area (Å²) in [6.45, 7) is 7.77. The number of rotatable bonds is 10. The van der Waals surface area contributed by atoms with Gasteiger partial charge in [-0.15, -0.1) is 0 Å². The number of thiol groups is 1. The van der Waals surface area contributed by atoms with Gasteiger partial charge in [0.2, 0.25) is 5.91 Å². The Balaban J connectivity index is 2.58. The molecule has 0 bridgehead atoms. The molecule has 0 heterocycles. The summed E-state index contributed by atoms with van der Waals surface area (Å²) in [5, 5.41) is 12.0. The van der Waals surface area contributed by atoms with E-state index in [0.717, 1.165) is 11.3 Å². The lowest BCUT2D eigenvalue weighted by atomic mass is 9.95. The van der Waals surface area contributed by atoms with Gasteiger partial charge in [0.15, 0.2) is 0 Å². The second kappa shape index (κ2) is 10.1. The molecular formula is C19H30N2O3S2. The second-order valence-electron chi connectivity index (χ2n) is 7.29. The van der Waals surface area contributed by atoms with Crippen molar-refractivity contribution in [2.45, 2.75) is 45.5 Å². The first-order valence-electron chi connectivity index (χ1n) is 8.62. The van der Waals surface area contributed by atoms with Crippen molar-refractivity contribution in [3.05, 3.63) is 29.8 Å². The average molecular weight is 399 g/mol. The SMILES string of the molecule is CC(C)N(C)c1ccc(CSC[C@H](NC(=O)C(C)(C)CS)C(=O)O)cc1. The molecule has 0 spiro atoms. The Hall–Kier alpha value is -1.34. The molecule has 26 heavy (non-hydrogen) atoms. The highest BCUT2D eigenvalue weighted by atomic mass is 32.2. The summed E-state index contributed by atoms with van der Waals surface area (Å²) < 4.78 is 0. The topological polar surface area (TPSA) is 69.6 Å². The van der Waals surface area contributed by atoms with Crippen molar-refractivity contribution in [2.75, 3.05) is 23.5 Å². The molecule has 0 saturated carbocycles. The molecule has 1 aromatic carbocycles. The third-order valence-corrected chi connectivity index (χ3v) is 6.18. The van der Waals surface area contributed by atoms with Crippen molar-refractivity contribution >= 4 is 42.0 Å². The summed E-state index contributed by atoms with van der Waals surface area (Å²) in [4.78, 5) is 25.8. The van der Waals surface area contributed by atoms with Crippen LogP contribution in [0.2, 0.25) is 0 Å². The van der Waals surface area contributed by atoms with E-state index in [0.29, 0.717) is 23.3 Å². The molecule has 146 valence electrons. The van der Waals surface area contributed by atoms with E-state index in [1.807, 2.05) is 0 Å². The van der Waals surface area contributed by atoms with Crippen molar-refractivity contribution in [3.63, 3.8) is 0 Å². The number of carbonyl (C=O) groups excluding carboxylic acids is 1. The fourth-order valence-electron chi connectivity index (χ4n) is 2.02. The maximum absolute atomic E-state index is 12.2. The molecule has 1 aromatic rings. The van der Waals surface area contributed by atoms with Crippen LogP contribution in [0.15, 0.2) is 24.3 Å². The smallest absolute Gasteiger partial charge is 0.327 e. The third-order valence-electron chi connectivity index (χ3n) is 4.28. The fourth-order valence-corrected chi connectivity index (χ4v) is 3.17. The fraction of sp³-hybridized carbons (Fsp3) is 0.579. The first-order valence-corrected chi connectivity index (χ1v) is 10.4. The van der Waals surface area contributed by atoms with Crippen LogP contribution in [0.1, 0.15) is 33.3 Å². The van der Waals surface area contributed by atoms with E-state index in [1.54, 1.807) is 13.8 Å². The monoisotopic (exact) mass is 398 g/mol. The van der Waals surface area contributed by atoms with Gasteiger partial charge >= 0.3 is 5.97 Å². The van der Waals surface area contributed by atoms with E-state index < -0.39 is 17.4 Å². The molecule has 0 aliphatic carbocycles. The maximum Gasteiger partial charge on any atom is 0.327 e. The summed E-state index contributed by atoms with van der Waals surface area (Å²) >= 11 is 5.65. The van der Waals surface area contributed by atoms with E-state index in [1.165, 1.54) is 11.8 Å². The van der Waals surface area contributed by atoms with E-state index >= 15 is 0 Å². The standard InChI is InChI=1S/C19H30N2O3S2/c1-13(2)21(5)15-8-6-14(7-9-15)10-26-11-16(17(22)23)20-18(24)19(3,4)12-25/h6-9,13,16,25H,10-12H2,1-5H3,(H,20,24)(H,22,23)/t16-/m0/s1. The van der Waals surface area contributed by atoms with Gasteiger partial charge in [0.1, 0.15) is 6.04 Å². The van der Waals surface area contributed by atoms with Crippen molar-refractivity contribution in [2.24, 2.45) is 5.41 Å². The number of nitrogens with zero attached hydrogens (tertiary/aromatic N) is 1. The van der Waals surface area contributed by atoms with Crippen LogP contribution in [-0.2, 0) is 15.3 Å². The number of carboxylic acid groups (broad SMARTS) is 1. The molecule has 7 heteroatoms. The van der Waals surface area contributed by atoms with Gasteiger partial charge in [-0.1, -0.05) is 26.0 Å². The summed E-state index contributed by atoms with van der Waals surface area (Å²) in [6, 6.07) is 7.78. The van der Waals surface area contributed by atoms with Gasteiger partial charge in [-0.05, 0) is 31.5 Å². The summed E-state index contributed by atoms with van der Waals surface area (Å²) in [5.74, 6) is 0.0602. The molecule has 1 amide bonds. The average Bonchev–Trinajstić information content (AvgIpc) is 2.60. The zero-order valence-corrected chi connectivity index (χ0v) is 17.9. The first kappa shape index (κ1) is 22.7. The molecular weight excluding hydrogens is 368 g/mol. The minimum atomic E-state index is -1.02. The predicted octanol–water partition coefficient (Wildman–Crippen LogP) is 3.29. The van der Waals surface area contributed by atoms with Crippen LogP contribution < -0.4 is 10.2 Å². The Bertz CT molecular complexity index is 603. The molecule has 1 atom stereocenters. The lowest BCUT2D eigenvalue weighted by Crippen LogP contribution is -2.48. The number of hydrogen-bond acceptors (Lipinski definition) is 5. The van der Waals surface area contributed by atoms with Crippen LogP contribution in [0.25, 0.3) is 0 Å². The van der Waals surface area contributed by atoms with Gasteiger partial charge < -0.3 is 15.3 Å². The Morgan fingerprint density at radius 2 is 1.85 bits per heavy atom. The van der Waals surface area contributed by atoms with Crippen LogP contribution in [0.5, 0.6) is 0 Å². The number of nitrogens with one attached hydrogen (secondary N) is 1. The lowest BCUT2D eigenvalue weighted by Gasteiger charge is -2.24. The van der Waals surface area contributed by atoms with Gasteiger partial charge in [0, 0.05) is 36.0 Å². The highest BCUT2D eigenvalue weighted by Gasteiger charge is 2.30. The van der Waals surface area contributed by atoms with Crippen molar-refractivity contribution in [1.29, 1.82) is 0 Å². The first-order chi connectivity index (χ1) is 12.1. The molecule has 0 fully saturated rings. The van der Waals surface area contributed by atoms with Gasteiger partial charge in [0.05, 0.1) is 5.41 Å². The zero-order valence-electron chi connectivity index (χ0n) is 16.2. The van der Waals surface area contributed by atoms with Crippen LogP contribution >= 0.6 is 24.4 Å². The number of carbonyl (C=O) groups is 2. The van der Waals surface area contributed by atoms with Gasteiger partial charge in [0.25, 0.3) is 0 Å². The van der Waals surface area contributed by atoms with E-state index in [4.69, 9.17) is 0 Å². The van der Waals surface area contributed by atoms with Gasteiger partial charge in [-0.3, -0.25) is 4.79 Å². The quantitative estimate of drug-likeness (QED) is 0.528. The zero-order chi connectivity index (χ0) is 19.9. The number of carboxylic acids is 1. The molecule has 1 rings (SSSR count). The molecule has 0 saturated heterocycles. The minimum absolute atomic E-state index is 0.290. The predicted molar refractivity (Wildman–Crippen MR) is 113 cm³/mol. The number of hydrogen-bond donors (Lipinski definition) is 3. The van der Waals surface area contributed by atoms with Crippen molar-refractivity contribution in [1.82, 2.24) is 5.32 Å². The van der Waals surface area contributed by atoms with Crippen LogP contribution in [0.3, 0.4) is 0 Å². The molecule has 5 nitrogen and oxygen atoms in total. The minimum Gasteiger partial charge on any atom is -0.480 e. The highest BCUT2D eigenvalue weighted by molar-refractivity contribution is 7.98. The Morgan fingerprint density at radius 1 is 1.27 bits per heavy atom. The number of anilines is 1. The molecule has 0 aliphatic heterocycles. The Labute approximate surface area is 166 Å². The highest BCUT2D eigenvalue weighted by Crippen LogP contribution is 2.20. The number of aliphatic carboxylic acids is 1. The normalized spacial score (nSPS) is 12.7. The van der Waals surface area contributed by atoms with Crippen molar-refractivity contribution < 1.29 is 14.7 Å².